The Hall–Kier alpha value is -1.19. The van der Waals surface area contributed by atoms with Crippen molar-refractivity contribution in [1.29, 1.82) is 0 Å². The van der Waals surface area contributed by atoms with Crippen molar-refractivity contribution in [3.05, 3.63) is 29.8 Å². The van der Waals surface area contributed by atoms with E-state index in [4.69, 9.17) is 4.74 Å². The fraction of sp³-hybridized carbons (Fsp3) is 0.533. The SMILES string of the molecule is Cl.O=C(NCC1CNC1)c1cccc(S(=O)(=O)N2CCOCC2)c1. The van der Waals surface area contributed by atoms with E-state index in [0.717, 1.165) is 13.1 Å². The number of carbonyl (C=O) groups excluding carboxylic acids is 1. The monoisotopic (exact) mass is 375 g/mol. The summed E-state index contributed by atoms with van der Waals surface area (Å²) in [6.07, 6.45) is 0. The number of hydrogen-bond acceptors (Lipinski definition) is 5. The first-order valence-electron chi connectivity index (χ1n) is 7.74. The standard InChI is InChI=1S/C15H21N3O4S.ClH/c19-15(17-11-12-9-16-10-12)13-2-1-3-14(8-13)23(20,21)18-4-6-22-7-5-18;/h1-3,8,12,16H,4-7,9-11H2,(H,17,19);1H. The third kappa shape index (κ3) is 4.25. The second kappa shape index (κ2) is 8.26. The number of morpholine rings is 1. The van der Waals surface area contributed by atoms with E-state index >= 15 is 0 Å². The lowest BCUT2D eigenvalue weighted by molar-refractivity contribution is 0.0730. The van der Waals surface area contributed by atoms with Crippen molar-refractivity contribution < 1.29 is 17.9 Å². The first kappa shape index (κ1) is 19.1. The quantitative estimate of drug-likeness (QED) is 0.761. The van der Waals surface area contributed by atoms with Gasteiger partial charge in [-0.2, -0.15) is 4.31 Å². The summed E-state index contributed by atoms with van der Waals surface area (Å²) in [6, 6.07) is 6.20. The second-order valence-electron chi connectivity index (χ2n) is 5.78. The van der Waals surface area contributed by atoms with Gasteiger partial charge in [0.15, 0.2) is 0 Å². The van der Waals surface area contributed by atoms with Gasteiger partial charge in [0.05, 0.1) is 18.1 Å². The molecule has 0 atom stereocenters. The molecule has 134 valence electrons. The maximum atomic E-state index is 12.6. The molecule has 2 aliphatic heterocycles. The van der Waals surface area contributed by atoms with E-state index in [1.54, 1.807) is 12.1 Å². The number of ether oxygens (including phenoxy) is 1. The third-order valence-electron chi connectivity index (χ3n) is 4.12. The Balaban J connectivity index is 0.00000208. The summed E-state index contributed by atoms with van der Waals surface area (Å²) in [4.78, 5) is 12.3. The molecule has 0 saturated carbocycles. The van der Waals surface area contributed by atoms with Crippen LogP contribution in [0.15, 0.2) is 29.2 Å². The molecule has 24 heavy (non-hydrogen) atoms. The topological polar surface area (TPSA) is 87.7 Å². The van der Waals surface area contributed by atoms with Crippen LogP contribution < -0.4 is 10.6 Å². The molecule has 0 aliphatic carbocycles. The Morgan fingerprint density at radius 1 is 1.29 bits per heavy atom. The molecule has 1 amide bonds. The van der Waals surface area contributed by atoms with Gasteiger partial charge in [-0.1, -0.05) is 6.07 Å². The van der Waals surface area contributed by atoms with E-state index < -0.39 is 10.0 Å². The lowest BCUT2D eigenvalue weighted by Crippen LogP contribution is -2.48. The molecule has 0 aromatic heterocycles. The number of amides is 1. The number of rotatable bonds is 5. The van der Waals surface area contributed by atoms with Gasteiger partial charge >= 0.3 is 0 Å². The highest BCUT2D eigenvalue weighted by atomic mass is 35.5. The molecule has 2 heterocycles. The number of halogens is 1. The number of nitrogens with zero attached hydrogens (tertiary/aromatic N) is 1. The number of sulfonamides is 1. The fourth-order valence-electron chi connectivity index (χ4n) is 2.57. The molecule has 1 aromatic carbocycles. The number of carbonyl (C=O) groups is 1. The van der Waals surface area contributed by atoms with Gasteiger partial charge in [-0.3, -0.25) is 4.79 Å². The Kier molecular flexibility index (Phi) is 6.59. The Morgan fingerprint density at radius 3 is 2.62 bits per heavy atom. The summed E-state index contributed by atoms with van der Waals surface area (Å²) >= 11 is 0. The van der Waals surface area contributed by atoms with Gasteiger partial charge in [-0.25, -0.2) is 8.42 Å². The van der Waals surface area contributed by atoms with Gasteiger partial charge in [-0.05, 0) is 18.2 Å². The molecule has 0 spiro atoms. The molecule has 2 aliphatic rings. The Bertz CT molecular complexity index is 673. The minimum absolute atomic E-state index is 0. The van der Waals surface area contributed by atoms with E-state index in [-0.39, 0.29) is 23.2 Å². The van der Waals surface area contributed by atoms with Crippen molar-refractivity contribution >= 4 is 28.3 Å². The smallest absolute Gasteiger partial charge is 0.251 e. The predicted molar refractivity (Wildman–Crippen MR) is 92.0 cm³/mol. The van der Waals surface area contributed by atoms with Gasteiger partial charge < -0.3 is 15.4 Å². The molecule has 0 radical (unpaired) electrons. The Labute approximate surface area is 148 Å². The zero-order chi connectivity index (χ0) is 16.3. The van der Waals surface area contributed by atoms with Crippen molar-refractivity contribution in [2.24, 2.45) is 5.92 Å². The summed E-state index contributed by atoms with van der Waals surface area (Å²) in [5.74, 6) is 0.218. The molecule has 1 aromatic rings. The van der Waals surface area contributed by atoms with Crippen LogP contribution in [-0.4, -0.2) is 64.6 Å². The molecule has 2 saturated heterocycles. The zero-order valence-corrected chi connectivity index (χ0v) is 14.9. The molecule has 3 rings (SSSR count). The summed E-state index contributed by atoms with van der Waals surface area (Å²) < 4.78 is 31.8. The van der Waals surface area contributed by atoms with Gasteiger partial charge in [0.1, 0.15) is 0 Å². The van der Waals surface area contributed by atoms with Gasteiger partial charge in [0.25, 0.3) is 5.91 Å². The lowest BCUT2D eigenvalue weighted by atomic mass is 10.0. The highest BCUT2D eigenvalue weighted by Gasteiger charge is 2.27. The summed E-state index contributed by atoms with van der Waals surface area (Å²) in [5.41, 5.74) is 0.367. The van der Waals surface area contributed by atoms with E-state index in [0.29, 0.717) is 44.3 Å². The maximum absolute atomic E-state index is 12.6. The van der Waals surface area contributed by atoms with E-state index in [9.17, 15) is 13.2 Å². The normalized spacial score (nSPS) is 19.2. The van der Waals surface area contributed by atoms with Crippen LogP contribution >= 0.6 is 12.4 Å². The van der Waals surface area contributed by atoms with Gasteiger partial charge in [0.2, 0.25) is 10.0 Å². The third-order valence-corrected chi connectivity index (χ3v) is 6.02. The number of nitrogens with one attached hydrogen (secondary N) is 2. The largest absolute Gasteiger partial charge is 0.379 e. The van der Waals surface area contributed by atoms with Crippen LogP contribution in [-0.2, 0) is 14.8 Å². The average molecular weight is 376 g/mol. The summed E-state index contributed by atoms with van der Waals surface area (Å²) in [6.45, 7) is 3.90. The lowest BCUT2D eigenvalue weighted by Gasteiger charge is -2.27. The minimum atomic E-state index is -3.58. The molecule has 7 nitrogen and oxygen atoms in total. The van der Waals surface area contributed by atoms with Crippen molar-refractivity contribution in [3.8, 4) is 0 Å². The van der Waals surface area contributed by atoms with Crippen LogP contribution in [0.25, 0.3) is 0 Å². The highest BCUT2D eigenvalue weighted by Crippen LogP contribution is 2.18. The number of benzene rings is 1. The van der Waals surface area contributed by atoms with Crippen molar-refractivity contribution in [2.45, 2.75) is 4.90 Å². The van der Waals surface area contributed by atoms with Gasteiger partial charge in [-0.15, -0.1) is 12.4 Å². The van der Waals surface area contributed by atoms with Crippen LogP contribution in [0.1, 0.15) is 10.4 Å². The van der Waals surface area contributed by atoms with E-state index in [1.807, 2.05) is 0 Å². The molecule has 2 N–H and O–H groups in total. The van der Waals surface area contributed by atoms with Gasteiger partial charge in [0, 0.05) is 44.2 Å². The second-order valence-corrected chi connectivity index (χ2v) is 7.72. The maximum Gasteiger partial charge on any atom is 0.251 e. The minimum Gasteiger partial charge on any atom is -0.379 e. The summed E-state index contributed by atoms with van der Waals surface area (Å²) in [7, 11) is -3.58. The van der Waals surface area contributed by atoms with E-state index in [1.165, 1.54) is 16.4 Å². The average Bonchev–Trinajstić information content (AvgIpc) is 2.54. The van der Waals surface area contributed by atoms with Crippen molar-refractivity contribution in [3.63, 3.8) is 0 Å². The van der Waals surface area contributed by atoms with Crippen LogP contribution in [0, 0.1) is 5.92 Å². The summed E-state index contributed by atoms with van der Waals surface area (Å²) in [5, 5.41) is 6.00. The van der Waals surface area contributed by atoms with E-state index in [2.05, 4.69) is 10.6 Å². The van der Waals surface area contributed by atoms with Crippen molar-refractivity contribution in [1.82, 2.24) is 14.9 Å². The molecule has 9 heteroatoms. The highest BCUT2D eigenvalue weighted by molar-refractivity contribution is 7.89. The predicted octanol–water partition coefficient (Wildman–Crippen LogP) is 0.0785. The van der Waals surface area contributed by atoms with Crippen LogP contribution in [0.5, 0.6) is 0 Å². The molecule has 0 bridgehead atoms. The zero-order valence-electron chi connectivity index (χ0n) is 13.2. The first-order valence-corrected chi connectivity index (χ1v) is 9.18. The Morgan fingerprint density at radius 2 is 2.00 bits per heavy atom. The fourth-order valence-corrected chi connectivity index (χ4v) is 4.02. The molecular weight excluding hydrogens is 354 g/mol. The molecule has 2 fully saturated rings. The first-order chi connectivity index (χ1) is 11.1. The number of hydrogen-bond donors (Lipinski definition) is 2. The van der Waals surface area contributed by atoms with Crippen LogP contribution in [0.3, 0.4) is 0 Å². The van der Waals surface area contributed by atoms with Crippen LogP contribution in [0.2, 0.25) is 0 Å². The molecular formula is C15H22ClN3O4S. The van der Waals surface area contributed by atoms with Crippen molar-refractivity contribution in [2.75, 3.05) is 45.9 Å². The van der Waals surface area contributed by atoms with Crippen LogP contribution in [0.4, 0.5) is 0 Å². The molecule has 0 unspecified atom stereocenters.